The van der Waals surface area contributed by atoms with Gasteiger partial charge in [0.1, 0.15) is 10.6 Å². The molecule has 1 amide bonds. The number of hydrogen-bond donors (Lipinski definition) is 3. The average Bonchev–Trinajstić information content (AvgIpc) is 3.07. The summed E-state index contributed by atoms with van der Waals surface area (Å²) >= 11 is 0. The number of amides is 1. The van der Waals surface area contributed by atoms with Crippen molar-refractivity contribution in [3.05, 3.63) is 18.0 Å². The van der Waals surface area contributed by atoms with E-state index < -0.39 is 16.0 Å². The van der Waals surface area contributed by atoms with Crippen molar-refractivity contribution in [1.29, 1.82) is 0 Å². The van der Waals surface area contributed by atoms with Crippen LogP contribution in [0.2, 0.25) is 0 Å². The van der Waals surface area contributed by atoms with Gasteiger partial charge in [-0.2, -0.15) is 0 Å². The van der Waals surface area contributed by atoms with Crippen LogP contribution in [0.15, 0.2) is 17.2 Å². The molecule has 2 rings (SSSR count). The molecule has 3 N–H and O–H groups in total. The fourth-order valence-electron chi connectivity index (χ4n) is 1.80. The molecule has 1 aliphatic carbocycles. The lowest BCUT2D eigenvalue weighted by molar-refractivity contribution is -0.121. The van der Waals surface area contributed by atoms with E-state index in [1.807, 2.05) is 0 Å². The van der Waals surface area contributed by atoms with Crippen molar-refractivity contribution in [1.82, 2.24) is 14.6 Å². The maximum atomic E-state index is 12.0. The van der Waals surface area contributed by atoms with Crippen LogP contribution in [0, 0.1) is 0 Å². The third-order valence-corrected chi connectivity index (χ3v) is 4.52. The molecule has 8 nitrogen and oxygen atoms in total. The van der Waals surface area contributed by atoms with Crippen molar-refractivity contribution >= 4 is 21.9 Å². The fraction of sp³-hybridized carbons (Fsp3) is 0.500. The van der Waals surface area contributed by atoms with E-state index in [1.165, 1.54) is 17.8 Å². The molecular weight excluding hydrogens is 298 g/mol. The van der Waals surface area contributed by atoms with Gasteiger partial charge in [-0.05, 0) is 18.9 Å². The van der Waals surface area contributed by atoms with Gasteiger partial charge < -0.3 is 15.0 Å². The van der Waals surface area contributed by atoms with E-state index >= 15 is 0 Å². The number of nitrogens with one attached hydrogen (secondary N) is 2. The largest absolute Gasteiger partial charge is 0.477 e. The van der Waals surface area contributed by atoms with Gasteiger partial charge >= 0.3 is 5.97 Å². The van der Waals surface area contributed by atoms with Crippen LogP contribution >= 0.6 is 0 Å². The van der Waals surface area contributed by atoms with Crippen molar-refractivity contribution in [2.75, 3.05) is 6.54 Å². The molecule has 116 valence electrons. The van der Waals surface area contributed by atoms with Crippen LogP contribution in [-0.2, 0) is 21.9 Å². The van der Waals surface area contributed by atoms with E-state index in [-0.39, 0.29) is 35.5 Å². The van der Waals surface area contributed by atoms with E-state index in [4.69, 9.17) is 5.11 Å². The first-order valence-electron chi connectivity index (χ1n) is 6.48. The summed E-state index contributed by atoms with van der Waals surface area (Å²) in [5.74, 6) is -1.40. The first kappa shape index (κ1) is 15.5. The maximum absolute atomic E-state index is 12.0. The minimum Gasteiger partial charge on any atom is -0.477 e. The van der Waals surface area contributed by atoms with Crippen molar-refractivity contribution in [2.45, 2.75) is 30.2 Å². The quantitative estimate of drug-likeness (QED) is 0.637. The van der Waals surface area contributed by atoms with Gasteiger partial charge in [0.25, 0.3) is 0 Å². The van der Waals surface area contributed by atoms with Gasteiger partial charge in [0, 0.05) is 32.3 Å². The molecule has 0 atom stereocenters. The summed E-state index contributed by atoms with van der Waals surface area (Å²) < 4.78 is 27.5. The Kier molecular flexibility index (Phi) is 4.33. The second-order valence-corrected chi connectivity index (χ2v) is 6.73. The molecule has 9 heteroatoms. The number of carboxylic acids is 1. The molecule has 0 unspecified atom stereocenters. The van der Waals surface area contributed by atoms with E-state index in [0.717, 1.165) is 18.9 Å². The van der Waals surface area contributed by atoms with Gasteiger partial charge in [0.15, 0.2) is 0 Å². The molecule has 1 aliphatic rings. The molecule has 0 spiro atoms. The first-order valence-corrected chi connectivity index (χ1v) is 7.96. The van der Waals surface area contributed by atoms with Gasteiger partial charge in [0.05, 0.1) is 0 Å². The lowest BCUT2D eigenvalue weighted by Crippen LogP contribution is -2.31. The zero-order valence-corrected chi connectivity index (χ0v) is 12.3. The standard InChI is InChI=1S/C12H17N3O5S/c1-15-7-9(6-10(15)12(17)18)21(19,20)13-5-4-11(16)14-8-2-3-8/h6-8,13H,2-5H2,1H3,(H,14,16)(H,17,18). The number of aromatic carboxylic acids is 1. The Morgan fingerprint density at radius 1 is 1.43 bits per heavy atom. The monoisotopic (exact) mass is 315 g/mol. The lowest BCUT2D eigenvalue weighted by Gasteiger charge is -2.05. The van der Waals surface area contributed by atoms with Crippen LogP contribution in [0.3, 0.4) is 0 Å². The molecule has 1 fully saturated rings. The van der Waals surface area contributed by atoms with Crippen molar-refractivity contribution in [2.24, 2.45) is 7.05 Å². The Morgan fingerprint density at radius 2 is 2.10 bits per heavy atom. The topological polar surface area (TPSA) is 118 Å². The van der Waals surface area contributed by atoms with Gasteiger partial charge in [-0.3, -0.25) is 4.79 Å². The van der Waals surface area contributed by atoms with Crippen LogP contribution in [0.1, 0.15) is 29.8 Å². The van der Waals surface area contributed by atoms with E-state index in [1.54, 1.807) is 0 Å². The third kappa shape index (κ3) is 4.05. The van der Waals surface area contributed by atoms with Gasteiger partial charge in [-0.25, -0.2) is 17.9 Å². The fourth-order valence-corrected chi connectivity index (χ4v) is 2.90. The predicted molar refractivity (Wildman–Crippen MR) is 73.3 cm³/mol. The number of carboxylic acid groups (broad SMARTS) is 1. The number of hydrogen-bond acceptors (Lipinski definition) is 4. The molecule has 1 aromatic heterocycles. The molecule has 0 bridgehead atoms. The molecule has 0 radical (unpaired) electrons. The highest BCUT2D eigenvalue weighted by molar-refractivity contribution is 7.89. The molecule has 0 saturated heterocycles. The molecular formula is C12H17N3O5S. The summed E-state index contributed by atoms with van der Waals surface area (Å²) in [7, 11) is -2.37. The number of rotatable bonds is 7. The minimum atomic E-state index is -3.82. The summed E-state index contributed by atoms with van der Waals surface area (Å²) in [5.41, 5.74) is -0.123. The van der Waals surface area contributed by atoms with Crippen LogP contribution in [0.4, 0.5) is 0 Å². The minimum absolute atomic E-state index is 0.0296. The van der Waals surface area contributed by atoms with Crippen molar-refractivity contribution in [3.63, 3.8) is 0 Å². The normalized spacial score (nSPS) is 14.9. The number of aromatic nitrogens is 1. The Bertz CT molecular complexity index is 660. The number of carbonyl (C=O) groups is 2. The predicted octanol–water partition coefficient (Wildman–Crippen LogP) is -0.330. The molecule has 1 heterocycles. The smallest absolute Gasteiger partial charge is 0.352 e. The summed E-state index contributed by atoms with van der Waals surface area (Å²) in [6, 6.07) is 1.32. The highest BCUT2D eigenvalue weighted by atomic mass is 32.2. The van der Waals surface area contributed by atoms with E-state index in [0.29, 0.717) is 0 Å². The molecule has 0 aliphatic heterocycles. The van der Waals surface area contributed by atoms with E-state index in [9.17, 15) is 18.0 Å². The van der Waals surface area contributed by atoms with Gasteiger partial charge in [-0.1, -0.05) is 0 Å². The van der Waals surface area contributed by atoms with E-state index in [2.05, 4.69) is 10.0 Å². The number of aryl methyl sites for hydroxylation is 1. The van der Waals surface area contributed by atoms with Crippen LogP contribution in [0.25, 0.3) is 0 Å². The lowest BCUT2D eigenvalue weighted by atomic mass is 10.4. The van der Waals surface area contributed by atoms with Crippen LogP contribution in [0.5, 0.6) is 0 Å². The molecule has 0 aromatic carbocycles. The first-order chi connectivity index (χ1) is 9.79. The zero-order chi connectivity index (χ0) is 15.6. The Labute approximate surface area is 122 Å². The second kappa shape index (κ2) is 5.86. The highest BCUT2D eigenvalue weighted by Crippen LogP contribution is 2.18. The Hall–Kier alpha value is -1.87. The molecule has 21 heavy (non-hydrogen) atoms. The summed E-state index contributed by atoms with van der Waals surface area (Å²) in [4.78, 5) is 22.2. The maximum Gasteiger partial charge on any atom is 0.352 e. The Morgan fingerprint density at radius 3 is 2.62 bits per heavy atom. The SMILES string of the molecule is Cn1cc(S(=O)(=O)NCCC(=O)NC2CC2)cc1C(=O)O. The van der Waals surface area contributed by atoms with Gasteiger partial charge in [-0.15, -0.1) is 0 Å². The Balaban J connectivity index is 1.93. The highest BCUT2D eigenvalue weighted by Gasteiger charge is 2.24. The summed E-state index contributed by atoms with van der Waals surface area (Å²) in [6.45, 7) is -0.0296. The molecule has 1 aromatic rings. The van der Waals surface area contributed by atoms with Crippen LogP contribution < -0.4 is 10.0 Å². The summed E-state index contributed by atoms with van der Waals surface area (Å²) in [6.07, 6.45) is 3.21. The van der Waals surface area contributed by atoms with Crippen LogP contribution in [-0.4, -0.2) is 42.6 Å². The number of sulfonamides is 1. The summed E-state index contributed by atoms with van der Waals surface area (Å²) in [5, 5.41) is 11.6. The number of carbonyl (C=O) groups excluding carboxylic acids is 1. The second-order valence-electron chi connectivity index (χ2n) is 4.97. The molecule has 1 saturated carbocycles. The average molecular weight is 315 g/mol. The van der Waals surface area contributed by atoms with Crippen molar-refractivity contribution < 1.29 is 23.1 Å². The number of nitrogens with zero attached hydrogens (tertiary/aromatic N) is 1. The van der Waals surface area contributed by atoms with Gasteiger partial charge in [0.2, 0.25) is 15.9 Å². The van der Waals surface area contributed by atoms with Crippen molar-refractivity contribution in [3.8, 4) is 0 Å². The zero-order valence-electron chi connectivity index (χ0n) is 11.5. The third-order valence-electron chi connectivity index (χ3n) is 3.10.